The first-order chi connectivity index (χ1) is 16.1. The number of aryl methyl sites for hydroxylation is 1. The summed E-state index contributed by atoms with van der Waals surface area (Å²) in [5.74, 6) is 1.75. The van der Waals surface area contributed by atoms with E-state index in [4.69, 9.17) is 14.0 Å². The van der Waals surface area contributed by atoms with E-state index in [-0.39, 0.29) is 11.4 Å². The molecule has 3 aromatic carbocycles. The van der Waals surface area contributed by atoms with Gasteiger partial charge in [0, 0.05) is 17.0 Å². The highest BCUT2D eigenvalue weighted by Crippen LogP contribution is 2.30. The van der Waals surface area contributed by atoms with Crippen molar-refractivity contribution in [3.05, 3.63) is 82.6 Å². The summed E-state index contributed by atoms with van der Waals surface area (Å²) in [6.45, 7) is 1.96. The molecule has 2 heterocycles. The summed E-state index contributed by atoms with van der Waals surface area (Å²) >= 11 is 0. The Hall–Kier alpha value is -4.46. The molecule has 0 radical (unpaired) electrons. The number of rotatable bonds is 5. The van der Waals surface area contributed by atoms with Gasteiger partial charge in [0.05, 0.1) is 25.3 Å². The molecule has 0 aliphatic carbocycles. The number of hydrogen-bond donors (Lipinski definition) is 0. The van der Waals surface area contributed by atoms with E-state index in [1.165, 1.54) is 4.68 Å². The quantitative estimate of drug-likeness (QED) is 0.399. The number of ether oxygens (including phenoxy) is 2. The lowest BCUT2D eigenvalue weighted by Crippen LogP contribution is -2.22. The van der Waals surface area contributed by atoms with Crippen LogP contribution in [0.25, 0.3) is 39.4 Å². The van der Waals surface area contributed by atoms with Crippen LogP contribution in [0, 0.1) is 6.92 Å². The molecule has 0 atom stereocenters. The molecule has 0 saturated heterocycles. The van der Waals surface area contributed by atoms with Crippen LogP contribution in [0.2, 0.25) is 0 Å². The van der Waals surface area contributed by atoms with E-state index in [9.17, 15) is 4.79 Å². The fraction of sp³-hybridized carbons (Fsp3) is 0.120. The van der Waals surface area contributed by atoms with Crippen LogP contribution in [0.4, 0.5) is 0 Å². The first-order valence-corrected chi connectivity index (χ1v) is 10.2. The molecule has 0 saturated carbocycles. The molecule has 0 aliphatic rings. The van der Waals surface area contributed by atoms with Gasteiger partial charge in [-0.25, -0.2) is 0 Å². The van der Waals surface area contributed by atoms with Crippen LogP contribution in [0.15, 0.2) is 76.0 Å². The van der Waals surface area contributed by atoms with Crippen molar-refractivity contribution in [2.24, 2.45) is 0 Å². The zero-order valence-corrected chi connectivity index (χ0v) is 18.3. The van der Waals surface area contributed by atoms with Crippen LogP contribution < -0.4 is 15.0 Å². The van der Waals surface area contributed by atoms with Crippen molar-refractivity contribution < 1.29 is 14.0 Å². The standard InChI is InChI=1S/C25H20N4O4/c1-15-7-6-8-17(11-15)29-25(30)21-10-5-4-9-20(21)22(27-29)24-26-23(28-33-24)16-12-18(31-2)14-19(13-16)32-3/h4-14H,1-3H3. The minimum atomic E-state index is -0.225. The first kappa shape index (κ1) is 20.4. The molecule has 33 heavy (non-hydrogen) atoms. The van der Waals surface area contributed by atoms with Gasteiger partial charge in [-0.2, -0.15) is 14.8 Å². The number of nitrogens with zero attached hydrogens (tertiary/aromatic N) is 4. The zero-order chi connectivity index (χ0) is 22.9. The van der Waals surface area contributed by atoms with Gasteiger partial charge in [0.1, 0.15) is 11.5 Å². The first-order valence-electron chi connectivity index (χ1n) is 10.2. The van der Waals surface area contributed by atoms with Crippen LogP contribution in [0.3, 0.4) is 0 Å². The van der Waals surface area contributed by atoms with E-state index in [2.05, 4.69) is 15.2 Å². The number of methoxy groups -OCH3 is 2. The largest absolute Gasteiger partial charge is 0.497 e. The second-order valence-corrected chi connectivity index (χ2v) is 7.47. The van der Waals surface area contributed by atoms with E-state index in [0.29, 0.717) is 45.0 Å². The molecule has 0 amide bonds. The molecule has 5 rings (SSSR count). The summed E-state index contributed by atoms with van der Waals surface area (Å²) in [7, 11) is 3.15. The topological polar surface area (TPSA) is 92.3 Å². The van der Waals surface area contributed by atoms with Crippen molar-refractivity contribution in [3.8, 4) is 40.2 Å². The van der Waals surface area contributed by atoms with E-state index < -0.39 is 0 Å². The molecule has 8 heteroatoms. The molecule has 0 fully saturated rings. The highest BCUT2D eigenvalue weighted by Gasteiger charge is 2.19. The van der Waals surface area contributed by atoms with Crippen molar-refractivity contribution in [1.29, 1.82) is 0 Å². The van der Waals surface area contributed by atoms with Crippen LogP contribution in [0.5, 0.6) is 11.5 Å². The Kier molecular flexibility index (Phi) is 5.10. The summed E-state index contributed by atoms with van der Waals surface area (Å²) in [6, 6.07) is 20.2. The molecular weight excluding hydrogens is 420 g/mol. The van der Waals surface area contributed by atoms with Crippen molar-refractivity contribution in [2.75, 3.05) is 14.2 Å². The summed E-state index contributed by atoms with van der Waals surface area (Å²) in [5.41, 5.74) is 2.53. The van der Waals surface area contributed by atoms with E-state index in [1.54, 1.807) is 38.5 Å². The van der Waals surface area contributed by atoms with Gasteiger partial charge in [0.15, 0.2) is 5.69 Å². The molecular formula is C25H20N4O4. The van der Waals surface area contributed by atoms with Crippen molar-refractivity contribution in [1.82, 2.24) is 19.9 Å². The van der Waals surface area contributed by atoms with Gasteiger partial charge in [0.25, 0.3) is 11.4 Å². The number of benzene rings is 3. The van der Waals surface area contributed by atoms with Crippen LogP contribution in [-0.4, -0.2) is 34.1 Å². The van der Waals surface area contributed by atoms with Gasteiger partial charge in [0.2, 0.25) is 5.82 Å². The smallest absolute Gasteiger partial charge is 0.279 e. The van der Waals surface area contributed by atoms with Gasteiger partial charge in [-0.3, -0.25) is 4.79 Å². The lowest BCUT2D eigenvalue weighted by molar-refractivity contribution is 0.394. The molecule has 0 bridgehead atoms. The number of aromatic nitrogens is 4. The van der Waals surface area contributed by atoms with Gasteiger partial charge >= 0.3 is 0 Å². The van der Waals surface area contributed by atoms with Crippen molar-refractivity contribution >= 4 is 10.8 Å². The minimum Gasteiger partial charge on any atom is -0.497 e. The van der Waals surface area contributed by atoms with E-state index >= 15 is 0 Å². The van der Waals surface area contributed by atoms with Crippen molar-refractivity contribution in [2.45, 2.75) is 6.92 Å². The molecule has 8 nitrogen and oxygen atoms in total. The highest BCUT2D eigenvalue weighted by atomic mass is 16.5. The van der Waals surface area contributed by atoms with E-state index in [0.717, 1.165) is 5.56 Å². The fourth-order valence-electron chi connectivity index (χ4n) is 3.66. The predicted molar refractivity (Wildman–Crippen MR) is 124 cm³/mol. The van der Waals surface area contributed by atoms with Crippen LogP contribution in [-0.2, 0) is 0 Å². The second-order valence-electron chi connectivity index (χ2n) is 7.47. The average molecular weight is 440 g/mol. The average Bonchev–Trinajstić information content (AvgIpc) is 3.34. The number of hydrogen-bond acceptors (Lipinski definition) is 7. The van der Waals surface area contributed by atoms with Gasteiger partial charge in [-0.05, 0) is 42.8 Å². The normalized spacial score (nSPS) is 11.0. The molecule has 0 aliphatic heterocycles. The van der Waals surface area contributed by atoms with Gasteiger partial charge in [-0.1, -0.05) is 35.5 Å². The Balaban J connectivity index is 1.70. The summed E-state index contributed by atoms with van der Waals surface area (Å²) in [4.78, 5) is 17.8. The third-order valence-electron chi connectivity index (χ3n) is 5.29. The maximum absolute atomic E-state index is 13.2. The number of fused-ring (bicyclic) bond motifs is 1. The summed E-state index contributed by atoms with van der Waals surface area (Å²) < 4.78 is 17.6. The SMILES string of the molecule is COc1cc(OC)cc(-c2noc(-c3nn(-c4cccc(C)c4)c(=O)c4ccccc34)n2)c1. The molecule has 164 valence electrons. The van der Waals surface area contributed by atoms with Crippen LogP contribution in [0.1, 0.15) is 5.56 Å². The Morgan fingerprint density at radius 2 is 1.61 bits per heavy atom. The maximum atomic E-state index is 13.2. The highest BCUT2D eigenvalue weighted by molar-refractivity contribution is 5.92. The third-order valence-corrected chi connectivity index (χ3v) is 5.29. The van der Waals surface area contributed by atoms with Crippen LogP contribution >= 0.6 is 0 Å². The zero-order valence-electron chi connectivity index (χ0n) is 18.3. The molecule has 0 spiro atoms. The Morgan fingerprint density at radius 1 is 0.879 bits per heavy atom. The summed E-state index contributed by atoms with van der Waals surface area (Å²) in [5, 5.41) is 9.89. The van der Waals surface area contributed by atoms with Gasteiger partial charge in [-0.15, -0.1) is 0 Å². The van der Waals surface area contributed by atoms with Crippen molar-refractivity contribution in [3.63, 3.8) is 0 Å². The molecule has 0 N–H and O–H groups in total. The molecule has 2 aromatic heterocycles. The molecule has 5 aromatic rings. The maximum Gasteiger partial charge on any atom is 0.279 e. The fourth-order valence-corrected chi connectivity index (χ4v) is 3.66. The molecule has 0 unspecified atom stereocenters. The van der Waals surface area contributed by atoms with E-state index in [1.807, 2.05) is 49.4 Å². The Bertz CT molecular complexity index is 1520. The monoisotopic (exact) mass is 440 g/mol. The lowest BCUT2D eigenvalue weighted by atomic mass is 10.1. The third kappa shape index (κ3) is 3.71. The minimum absolute atomic E-state index is 0.199. The summed E-state index contributed by atoms with van der Waals surface area (Å²) in [6.07, 6.45) is 0. The Morgan fingerprint density at radius 3 is 2.30 bits per heavy atom. The second kappa shape index (κ2) is 8.23. The predicted octanol–water partition coefficient (Wildman–Crippen LogP) is 4.43. The Labute approximate surface area is 189 Å². The lowest BCUT2D eigenvalue weighted by Gasteiger charge is -2.09. The van der Waals surface area contributed by atoms with Gasteiger partial charge < -0.3 is 14.0 Å².